The summed E-state index contributed by atoms with van der Waals surface area (Å²) in [5.74, 6) is -0.0276. The molecule has 0 aromatic heterocycles. The smallest absolute Gasteiger partial charge is 0.252 e. The van der Waals surface area contributed by atoms with Crippen LogP contribution in [-0.2, 0) is 16.1 Å². The van der Waals surface area contributed by atoms with E-state index in [0.717, 1.165) is 29.8 Å². The van der Waals surface area contributed by atoms with Crippen LogP contribution in [0.2, 0.25) is 0 Å². The van der Waals surface area contributed by atoms with Gasteiger partial charge in [0, 0.05) is 30.8 Å². The molecule has 164 valence electrons. The lowest BCUT2D eigenvalue weighted by atomic mass is 10.0. The monoisotopic (exact) mass is 421 g/mol. The van der Waals surface area contributed by atoms with E-state index in [9.17, 15) is 14.4 Å². The fourth-order valence-electron chi connectivity index (χ4n) is 3.79. The van der Waals surface area contributed by atoms with Crippen molar-refractivity contribution in [2.45, 2.75) is 52.6 Å². The highest BCUT2D eigenvalue weighted by Gasteiger charge is 2.23. The molecule has 1 heterocycles. The summed E-state index contributed by atoms with van der Waals surface area (Å²) in [7, 11) is 0. The second-order valence-corrected chi connectivity index (χ2v) is 8.50. The predicted molar refractivity (Wildman–Crippen MR) is 122 cm³/mol. The van der Waals surface area contributed by atoms with Crippen molar-refractivity contribution in [3.63, 3.8) is 0 Å². The average molecular weight is 422 g/mol. The van der Waals surface area contributed by atoms with Crippen LogP contribution in [0.5, 0.6) is 0 Å². The van der Waals surface area contributed by atoms with E-state index in [1.807, 2.05) is 63.2 Å². The highest BCUT2D eigenvalue weighted by atomic mass is 16.2. The molecular weight excluding hydrogens is 390 g/mol. The van der Waals surface area contributed by atoms with Gasteiger partial charge >= 0.3 is 0 Å². The second kappa shape index (κ2) is 10.2. The van der Waals surface area contributed by atoms with Gasteiger partial charge < -0.3 is 15.5 Å². The molecule has 0 radical (unpaired) electrons. The van der Waals surface area contributed by atoms with Crippen LogP contribution < -0.4 is 15.5 Å². The maximum Gasteiger partial charge on any atom is 0.252 e. The zero-order chi connectivity index (χ0) is 22.4. The highest BCUT2D eigenvalue weighted by Crippen LogP contribution is 2.21. The van der Waals surface area contributed by atoms with E-state index in [0.29, 0.717) is 24.9 Å². The van der Waals surface area contributed by atoms with Gasteiger partial charge in [0.25, 0.3) is 5.91 Å². The zero-order valence-electron chi connectivity index (χ0n) is 18.5. The maximum absolute atomic E-state index is 12.8. The van der Waals surface area contributed by atoms with Crippen molar-refractivity contribution in [3.05, 3.63) is 65.2 Å². The summed E-state index contributed by atoms with van der Waals surface area (Å²) in [4.78, 5) is 39.2. The molecule has 6 heteroatoms. The van der Waals surface area contributed by atoms with Crippen LogP contribution in [-0.4, -0.2) is 30.3 Å². The number of carbonyl (C=O) groups is 3. The molecule has 1 aliphatic rings. The molecule has 2 aromatic rings. The Morgan fingerprint density at radius 3 is 2.39 bits per heavy atom. The van der Waals surface area contributed by atoms with Crippen LogP contribution >= 0.6 is 0 Å². The summed E-state index contributed by atoms with van der Waals surface area (Å²) in [6.45, 7) is 7.05. The Balaban J connectivity index is 1.60. The van der Waals surface area contributed by atoms with E-state index in [2.05, 4.69) is 10.6 Å². The molecule has 3 rings (SSSR count). The van der Waals surface area contributed by atoms with Gasteiger partial charge in [0.1, 0.15) is 6.04 Å². The maximum atomic E-state index is 12.8. The number of aryl methyl sites for hydroxylation is 1. The molecule has 6 nitrogen and oxygen atoms in total. The van der Waals surface area contributed by atoms with Gasteiger partial charge in [-0.2, -0.15) is 0 Å². The van der Waals surface area contributed by atoms with Gasteiger partial charge in [0.15, 0.2) is 0 Å². The Hall–Kier alpha value is -3.15. The third-order valence-corrected chi connectivity index (χ3v) is 5.51. The number of nitrogens with zero attached hydrogens (tertiary/aromatic N) is 1. The highest BCUT2D eigenvalue weighted by molar-refractivity contribution is 5.98. The summed E-state index contributed by atoms with van der Waals surface area (Å²) in [5, 5.41) is 5.84. The first-order chi connectivity index (χ1) is 14.8. The molecule has 2 aromatic carbocycles. The summed E-state index contributed by atoms with van der Waals surface area (Å²) in [6, 6.07) is 14.4. The molecule has 0 aliphatic carbocycles. The predicted octanol–water partition coefficient (Wildman–Crippen LogP) is 3.58. The average Bonchev–Trinajstić information content (AvgIpc) is 3.17. The Morgan fingerprint density at radius 1 is 1.06 bits per heavy atom. The molecule has 3 amide bonds. The summed E-state index contributed by atoms with van der Waals surface area (Å²) in [6.07, 6.45) is 2.05. The molecular formula is C25H31N3O3. The molecule has 1 fully saturated rings. The van der Waals surface area contributed by atoms with Gasteiger partial charge in [0.05, 0.1) is 0 Å². The topological polar surface area (TPSA) is 78.5 Å². The van der Waals surface area contributed by atoms with Crippen molar-refractivity contribution in [2.75, 3.05) is 11.4 Å². The van der Waals surface area contributed by atoms with E-state index < -0.39 is 6.04 Å². The molecule has 1 aliphatic heterocycles. The minimum absolute atomic E-state index is 0.155. The van der Waals surface area contributed by atoms with E-state index in [1.54, 1.807) is 11.0 Å². The first-order valence-corrected chi connectivity index (χ1v) is 10.9. The lowest BCUT2D eigenvalue weighted by Gasteiger charge is -2.21. The molecule has 0 saturated carbocycles. The number of benzene rings is 2. The molecule has 0 spiro atoms. The minimum Gasteiger partial charge on any atom is -0.350 e. The molecule has 0 unspecified atom stereocenters. The van der Waals surface area contributed by atoms with E-state index in [4.69, 9.17) is 0 Å². The van der Waals surface area contributed by atoms with Crippen molar-refractivity contribution in [2.24, 2.45) is 5.92 Å². The van der Waals surface area contributed by atoms with Gasteiger partial charge in [0.2, 0.25) is 11.8 Å². The number of hydrogen-bond acceptors (Lipinski definition) is 3. The van der Waals surface area contributed by atoms with Gasteiger partial charge in [-0.1, -0.05) is 44.2 Å². The van der Waals surface area contributed by atoms with Crippen molar-refractivity contribution in [1.82, 2.24) is 10.6 Å². The number of amides is 3. The SMILES string of the molecule is Cc1ccccc1C(=O)N[C@@H](CC(C)C)C(=O)NCc1ccc(N2CCCC2=O)cc1. The fourth-order valence-corrected chi connectivity index (χ4v) is 3.79. The standard InChI is InChI=1S/C25H31N3O3/c1-17(2)15-22(27-24(30)21-8-5-4-7-18(21)3)25(31)26-16-19-10-12-20(13-11-19)28-14-6-9-23(28)29/h4-5,7-8,10-13,17,22H,6,9,14-16H2,1-3H3,(H,26,31)(H,27,30)/t22-/m0/s1. The van der Waals surface area contributed by atoms with E-state index >= 15 is 0 Å². The Labute approximate surface area is 184 Å². The normalized spacial score (nSPS) is 14.6. The first-order valence-electron chi connectivity index (χ1n) is 10.9. The van der Waals surface area contributed by atoms with Gasteiger partial charge in [-0.05, 0) is 55.0 Å². The number of hydrogen-bond donors (Lipinski definition) is 2. The van der Waals surface area contributed by atoms with Gasteiger partial charge in [-0.15, -0.1) is 0 Å². The van der Waals surface area contributed by atoms with Crippen molar-refractivity contribution in [3.8, 4) is 0 Å². The van der Waals surface area contributed by atoms with Crippen LogP contribution in [0.25, 0.3) is 0 Å². The summed E-state index contributed by atoms with van der Waals surface area (Å²) < 4.78 is 0. The Bertz CT molecular complexity index is 937. The molecule has 0 bridgehead atoms. The minimum atomic E-state index is -0.603. The second-order valence-electron chi connectivity index (χ2n) is 8.50. The van der Waals surface area contributed by atoms with Crippen LogP contribution in [0.1, 0.15) is 54.6 Å². The lowest BCUT2D eigenvalue weighted by molar-refractivity contribution is -0.123. The molecule has 2 N–H and O–H groups in total. The van der Waals surface area contributed by atoms with E-state index in [-0.39, 0.29) is 23.6 Å². The van der Waals surface area contributed by atoms with Crippen LogP contribution in [0.4, 0.5) is 5.69 Å². The Morgan fingerprint density at radius 2 is 1.77 bits per heavy atom. The molecule has 31 heavy (non-hydrogen) atoms. The van der Waals surface area contributed by atoms with Crippen LogP contribution in [0.3, 0.4) is 0 Å². The Kier molecular flexibility index (Phi) is 7.45. The zero-order valence-corrected chi connectivity index (χ0v) is 18.5. The largest absolute Gasteiger partial charge is 0.350 e. The van der Waals surface area contributed by atoms with Crippen molar-refractivity contribution >= 4 is 23.4 Å². The van der Waals surface area contributed by atoms with Crippen molar-refractivity contribution < 1.29 is 14.4 Å². The third-order valence-electron chi connectivity index (χ3n) is 5.51. The number of nitrogens with one attached hydrogen (secondary N) is 2. The van der Waals surface area contributed by atoms with Gasteiger partial charge in [-0.25, -0.2) is 0 Å². The van der Waals surface area contributed by atoms with Crippen LogP contribution in [0, 0.1) is 12.8 Å². The number of carbonyl (C=O) groups excluding carboxylic acids is 3. The number of rotatable bonds is 8. The summed E-state index contributed by atoms with van der Waals surface area (Å²) >= 11 is 0. The van der Waals surface area contributed by atoms with E-state index in [1.165, 1.54) is 0 Å². The van der Waals surface area contributed by atoms with Crippen LogP contribution in [0.15, 0.2) is 48.5 Å². The first kappa shape index (κ1) is 22.5. The molecule has 1 atom stereocenters. The summed E-state index contributed by atoms with van der Waals surface area (Å²) in [5.41, 5.74) is 3.29. The number of anilines is 1. The van der Waals surface area contributed by atoms with Crippen molar-refractivity contribution in [1.29, 1.82) is 0 Å². The lowest BCUT2D eigenvalue weighted by Crippen LogP contribution is -2.47. The molecule has 1 saturated heterocycles. The third kappa shape index (κ3) is 5.94. The fraction of sp³-hybridized carbons (Fsp3) is 0.400. The quantitative estimate of drug-likeness (QED) is 0.684. The van der Waals surface area contributed by atoms with Gasteiger partial charge in [-0.3, -0.25) is 14.4 Å².